The zero-order valence-electron chi connectivity index (χ0n) is 12.4. The van der Waals surface area contributed by atoms with E-state index in [-0.39, 0.29) is 4.75 Å². The molecule has 0 aliphatic carbocycles. The van der Waals surface area contributed by atoms with E-state index >= 15 is 0 Å². The van der Waals surface area contributed by atoms with Crippen molar-refractivity contribution < 1.29 is 0 Å². The average Bonchev–Trinajstić information content (AvgIpc) is 2.73. The fourth-order valence-corrected chi connectivity index (χ4v) is 3.85. The monoisotopic (exact) mass is 287 g/mol. The highest BCUT2D eigenvalue weighted by molar-refractivity contribution is 8.00. The van der Waals surface area contributed by atoms with Crippen molar-refractivity contribution >= 4 is 11.8 Å². The molecule has 4 heteroatoms. The minimum absolute atomic E-state index is 0.253. The van der Waals surface area contributed by atoms with Gasteiger partial charge in [0.1, 0.15) is 5.82 Å². The molecule has 0 amide bonds. The number of rotatable bonds is 2. The second-order valence-corrected chi connectivity index (χ2v) is 7.69. The van der Waals surface area contributed by atoms with Crippen LogP contribution < -0.4 is 0 Å². The van der Waals surface area contributed by atoms with Crippen molar-refractivity contribution in [1.82, 2.24) is 14.8 Å². The first-order chi connectivity index (χ1) is 9.61. The maximum Gasteiger partial charge on any atom is 0.164 e. The van der Waals surface area contributed by atoms with Gasteiger partial charge in [-0.25, -0.2) is 0 Å². The van der Waals surface area contributed by atoms with E-state index in [1.54, 1.807) is 0 Å². The predicted octanol–water partition coefficient (Wildman–Crippen LogP) is 3.58. The molecule has 0 fully saturated rings. The van der Waals surface area contributed by atoms with Crippen LogP contribution in [0.3, 0.4) is 0 Å². The van der Waals surface area contributed by atoms with Crippen LogP contribution in [0.15, 0.2) is 24.3 Å². The Bertz CT molecular complexity index is 616. The van der Waals surface area contributed by atoms with Gasteiger partial charge in [0.05, 0.1) is 0 Å². The molecule has 0 unspecified atom stereocenters. The lowest BCUT2D eigenvalue weighted by Crippen LogP contribution is -2.18. The molecule has 2 aromatic rings. The molecule has 0 radical (unpaired) electrons. The van der Waals surface area contributed by atoms with Gasteiger partial charge in [-0.15, -0.1) is 10.2 Å². The van der Waals surface area contributed by atoms with E-state index in [1.807, 2.05) is 11.8 Å². The van der Waals surface area contributed by atoms with Crippen LogP contribution in [0, 0.1) is 0 Å². The highest BCUT2D eigenvalue weighted by atomic mass is 32.2. The second-order valence-electron chi connectivity index (χ2n) is 5.89. The zero-order valence-corrected chi connectivity index (χ0v) is 13.2. The lowest BCUT2D eigenvalue weighted by atomic mass is 10.0. The largest absolute Gasteiger partial charge is 0.310 e. The van der Waals surface area contributed by atoms with Crippen molar-refractivity contribution in [2.24, 2.45) is 0 Å². The van der Waals surface area contributed by atoms with Crippen LogP contribution in [0.2, 0.25) is 0 Å². The van der Waals surface area contributed by atoms with Crippen LogP contribution in [0.4, 0.5) is 0 Å². The Kier molecular flexibility index (Phi) is 3.59. The Morgan fingerprint density at radius 2 is 2.05 bits per heavy atom. The summed E-state index contributed by atoms with van der Waals surface area (Å²) in [5.41, 5.74) is 2.58. The van der Waals surface area contributed by atoms with Gasteiger partial charge in [0, 0.05) is 29.0 Å². The smallest absolute Gasteiger partial charge is 0.164 e. The van der Waals surface area contributed by atoms with Crippen molar-refractivity contribution in [3.05, 3.63) is 35.7 Å². The number of aryl methyl sites for hydroxylation is 1. The summed E-state index contributed by atoms with van der Waals surface area (Å²) in [6.07, 6.45) is 2.01. The summed E-state index contributed by atoms with van der Waals surface area (Å²) in [6, 6.07) is 8.54. The molecule has 3 rings (SSSR count). The molecular formula is C16H21N3S. The third-order valence-corrected chi connectivity index (χ3v) is 5.17. The highest BCUT2D eigenvalue weighted by Crippen LogP contribution is 2.33. The quantitative estimate of drug-likeness (QED) is 0.846. The maximum atomic E-state index is 4.49. The van der Waals surface area contributed by atoms with Crippen LogP contribution in [0.5, 0.6) is 0 Å². The maximum absolute atomic E-state index is 4.49. The van der Waals surface area contributed by atoms with E-state index in [0.29, 0.717) is 0 Å². The molecule has 0 saturated carbocycles. The minimum atomic E-state index is 0.253. The molecule has 1 aliphatic heterocycles. The van der Waals surface area contributed by atoms with Gasteiger partial charge >= 0.3 is 0 Å². The fourth-order valence-electron chi connectivity index (χ4n) is 2.79. The van der Waals surface area contributed by atoms with E-state index < -0.39 is 0 Å². The Balaban J connectivity index is 2.07. The first kappa shape index (κ1) is 13.7. The zero-order chi connectivity index (χ0) is 14.2. The molecule has 106 valence electrons. The molecule has 0 spiro atoms. The topological polar surface area (TPSA) is 30.7 Å². The van der Waals surface area contributed by atoms with E-state index in [1.165, 1.54) is 11.1 Å². The number of hydrogen-bond donors (Lipinski definition) is 0. The third kappa shape index (κ3) is 2.49. The summed E-state index contributed by atoms with van der Waals surface area (Å²) in [5.74, 6) is 3.29. The van der Waals surface area contributed by atoms with Crippen LogP contribution in [-0.4, -0.2) is 25.3 Å². The van der Waals surface area contributed by atoms with E-state index in [9.17, 15) is 0 Å². The molecule has 0 bridgehead atoms. The SMILES string of the molecule is CCc1ccccc1-c1nnc2n1CCSC(C)(C)C2. The van der Waals surface area contributed by atoms with E-state index in [4.69, 9.17) is 0 Å². The molecule has 0 saturated heterocycles. The lowest BCUT2D eigenvalue weighted by molar-refractivity contribution is 0.646. The van der Waals surface area contributed by atoms with Crippen molar-refractivity contribution in [1.29, 1.82) is 0 Å². The van der Waals surface area contributed by atoms with Crippen LogP contribution in [0.25, 0.3) is 11.4 Å². The standard InChI is InChI=1S/C16H21N3S/c1-4-12-7-5-6-8-13(12)15-18-17-14-11-16(2,3)20-10-9-19(14)15/h5-8H,4,9-11H2,1-3H3. The van der Waals surface area contributed by atoms with Gasteiger partial charge in [-0.05, 0) is 12.0 Å². The van der Waals surface area contributed by atoms with Crippen molar-refractivity contribution in [3.8, 4) is 11.4 Å². The minimum Gasteiger partial charge on any atom is -0.310 e. The summed E-state index contributed by atoms with van der Waals surface area (Å²) >= 11 is 2.03. The molecule has 2 heterocycles. The summed E-state index contributed by atoms with van der Waals surface area (Å²) in [7, 11) is 0. The number of hydrogen-bond acceptors (Lipinski definition) is 3. The first-order valence-corrected chi connectivity index (χ1v) is 8.23. The van der Waals surface area contributed by atoms with Gasteiger partial charge in [0.15, 0.2) is 5.82 Å². The van der Waals surface area contributed by atoms with E-state index in [0.717, 1.165) is 36.8 Å². The van der Waals surface area contributed by atoms with Gasteiger partial charge in [-0.1, -0.05) is 45.0 Å². The van der Waals surface area contributed by atoms with Gasteiger partial charge in [-0.3, -0.25) is 0 Å². The van der Waals surface area contributed by atoms with Crippen LogP contribution >= 0.6 is 11.8 Å². The summed E-state index contributed by atoms with van der Waals surface area (Å²) < 4.78 is 2.57. The summed E-state index contributed by atoms with van der Waals surface area (Å²) in [5, 5.41) is 8.95. The van der Waals surface area contributed by atoms with Gasteiger partial charge in [-0.2, -0.15) is 11.8 Å². The van der Waals surface area contributed by atoms with Gasteiger partial charge in [0.25, 0.3) is 0 Å². The Morgan fingerprint density at radius 3 is 2.85 bits per heavy atom. The fraction of sp³-hybridized carbons (Fsp3) is 0.500. The molecule has 1 aromatic carbocycles. The number of thioether (sulfide) groups is 1. The first-order valence-electron chi connectivity index (χ1n) is 7.25. The van der Waals surface area contributed by atoms with Crippen molar-refractivity contribution in [2.75, 3.05) is 5.75 Å². The predicted molar refractivity (Wildman–Crippen MR) is 85.1 cm³/mol. The number of nitrogens with zero attached hydrogens (tertiary/aromatic N) is 3. The number of fused-ring (bicyclic) bond motifs is 1. The molecule has 1 aromatic heterocycles. The van der Waals surface area contributed by atoms with Gasteiger partial charge < -0.3 is 4.57 Å². The summed E-state index contributed by atoms with van der Waals surface area (Å²) in [6.45, 7) is 7.78. The van der Waals surface area contributed by atoms with Crippen molar-refractivity contribution in [3.63, 3.8) is 0 Å². The van der Waals surface area contributed by atoms with Crippen molar-refractivity contribution in [2.45, 2.75) is 44.9 Å². The van der Waals surface area contributed by atoms with Crippen LogP contribution in [0.1, 0.15) is 32.2 Å². The highest BCUT2D eigenvalue weighted by Gasteiger charge is 2.27. The normalized spacial score (nSPS) is 17.6. The number of benzene rings is 1. The third-order valence-electron chi connectivity index (χ3n) is 3.86. The number of aromatic nitrogens is 3. The molecule has 1 aliphatic rings. The average molecular weight is 287 g/mol. The lowest BCUT2D eigenvalue weighted by Gasteiger charge is -2.19. The Labute approximate surface area is 124 Å². The molecule has 0 N–H and O–H groups in total. The van der Waals surface area contributed by atoms with E-state index in [2.05, 4.69) is 59.8 Å². The molecular weight excluding hydrogens is 266 g/mol. The van der Waals surface area contributed by atoms with Crippen LogP contribution in [-0.2, 0) is 19.4 Å². The molecule has 3 nitrogen and oxygen atoms in total. The van der Waals surface area contributed by atoms with Gasteiger partial charge in [0.2, 0.25) is 0 Å². The summed E-state index contributed by atoms with van der Waals surface area (Å²) in [4.78, 5) is 0. The Hall–Kier alpha value is -1.29. The molecule has 20 heavy (non-hydrogen) atoms. The molecule has 0 atom stereocenters. The second kappa shape index (κ2) is 5.24. The Morgan fingerprint density at radius 1 is 1.25 bits per heavy atom.